The summed E-state index contributed by atoms with van der Waals surface area (Å²) >= 11 is 1.25. The van der Waals surface area contributed by atoms with Gasteiger partial charge in [0.15, 0.2) is 0 Å². The Balaban J connectivity index is 1.82. The van der Waals surface area contributed by atoms with Crippen molar-refractivity contribution in [1.82, 2.24) is 0 Å². The fraction of sp³-hybridized carbons (Fsp3) is 0.222. The number of methoxy groups -OCH3 is 2. The van der Waals surface area contributed by atoms with E-state index in [1.54, 1.807) is 24.3 Å². The average molecular weight is 536 g/mol. The molecule has 1 heterocycles. The zero-order valence-corrected chi connectivity index (χ0v) is 22.0. The second-order valence-corrected chi connectivity index (χ2v) is 9.36. The van der Waals surface area contributed by atoms with Gasteiger partial charge < -0.3 is 19.5 Å². The van der Waals surface area contributed by atoms with Crippen LogP contribution < -0.4 is 14.8 Å². The quantitative estimate of drug-likeness (QED) is 0.115. The van der Waals surface area contributed by atoms with Crippen molar-refractivity contribution in [3.8, 4) is 17.6 Å². The van der Waals surface area contributed by atoms with Gasteiger partial charge in [0, 0.05) is 22.6 Å². The molecule has 0 aliphatic heterocycles. The lowest BCUT2D eigenvalue weighted by Crippen LogP contribution is -2.15. The molecule has 196 valence electrons. The second-order valence-electron chi connectivity index (χ2n) is 8.27. The number of benzene rings is 2. The monoisotopic (exact) mass is 535 g/mol. The molecule has 0 spiro atoms. The van der Waals surface area contributed by atoms with Crippen LogP contribution in [0.3, 0.4) is 0 Å². The Morgan fingerprint density at radius 2 is 1.87 bits per heavy atom. The maximum Gasteiger partial charge on any atom is 0.340 e. The molecule has 11 heteroatoms. The lowest BCUT2D eigenvalue weighted by atomic mass is 10.1. The maximum absolute atomic E-state index is 12.9. The summed E-state index contributed by atoms with van der Waals surface area (Å²) in [7, 11) is 2.76. The van der Waals surface area contributed by atoms with Crippen LogP contribution in [0.15, 0.2) is 54.1 Å². The number of thiophene rings is 1. The summed E-state index contributed by atoms with van der Waals surface area (Å²) in [4.78, 5) is 36.4. The molecular weight excluding hydrogens is 510 g/mol. The Morgan fingerprint density at radius 3 is 2.45 bits per heavy atom. The van der Waals surface area contributed by atoms with E-state index in [0.29, 0.717) is 27.6 Å². The largest absolute Gasteiger partial charge is 0.496 e. The molecule has 0 saturated carbocycles. The minimum atomic E-state index is -0.672. The number of esters is 1. The van der Waals surface area contributed by atoms with Crippen molar-refractivity contribution in [2.24, 2.45) is 0 Å². The predicted molar refractivity (Wildman–Crippen MR) is 142 cm³/mol. The molecule has 0 aliphatic rings. The first kappa shape index (κ1) is 27.9. The zero-order valence-electron chi connectivity index (χ0n) is 21.1. The number of nitrogens with one attached hydrogen (secondary N) is 1. The van der Waals surface area contributed by atoms with E-state index in [-0.39, 0.29) is 29.3 Å². The van der Waals surface area contributed by atoms with Gasteiger partial charge in [-0.1, -0.05) is 19.9 Å². The van der Waals surface area contributed by atoms with Crippen molar-refractivity contribution < 1.29 is 28.7 Å². The van der Waals surface area contributed by atoms with Gasteiger partial charge in [-0.15, -0.1) is 11.3 Å². The Hall–Kier alpha value is -4.69. The Kier molecular flexibility index (Phi) is 9.18. The average Bonchev–Trinajstić information content (AvgIpc) is 3.34. The molecule has 0 atom stereocenters. The van der Waals surface area contributed by atoms with Crippen LogP contribution in [-0.2, 0) is 16.1 Å². The van der Waals surface area contributed by atoms with Crippen molar-refractivity contribution in [3.05, 3.63) is 85.8 Å². The van der Waals surface area contributed by atoms with Crippen molar-refractivity contribution in [3.63, 3.8) is 0 Å². The van der Waals surface area contributed by atoms with Crippen LogP contribution in [0.5, 0.6) is 11.5 Å². The highest BCUT2D eigenvalue weighted by atomic mass is 32.1. The van der Waals surface area contributed by atoms with E-state index in [1.165, 1.54) is 55.9 Å². The third kappa shape index (κ3) is 6.74. The molecule has 0 aliphatic carbocycles. The summed E-state index contributed by atoms with van der Waals surface area (Å²) in [6, 6.07) is 14.3. The van der Waals surface area contributed by atoms with Crippen molar-refractivity contribution >= 4 is 40.0 Å². The van der Waals surface area contributed by atoms with Crippen molar-refractivity contribution in [2.75, 3.05) is 19.5 Å². The zero-order chi connectivity index (χ0) is 27.8. The van der Waals surface area contributed by atoms with Gasteiger partial charge in [0.25, 0.3) is 11.6 Å². The van der Waals surface area contributed by atoms with Crippen molar-refractivity contribution in [1.29, 1.82) is 5.26 Å². The molecule has 38 heavy (non-hydrogen) atoms. The summed E-state index contributed by atoms with van der Waals surface area (Å²) in [6.07, 6.45) is 1.42. The number of nitriles is 1. The molecule has 3 aromatic rings. The van der Waals surface area contributed by atoms with Crippen LogP contribution >= 0.6 is 11.3 Å². The number of anilines is 1. The van der Waals surface area contributed by atoms with E-state index >= 15 is 0 Å². The highest BCUT2D eigenvalue weighted by Gasteiger charge is 2.21. The molecule has 1 N–H and O–H groups in total. The summed E-state index contributed by atoms with van der Waals surface area (Å²) < 4.78 is 16.0. The first-order valence-corrected chi connectivity index (χ1v) is 12.2. The predicted octanol–water partition coefficient (Wildman–Crippen LogP) is 5.70. The molecule has 10 nitrogen and oxygen atoms in total. The lowest BCUT2D eigenvalue weighted by molar-refractivity contribution is -0.384. The Bertz CT molecular complexity index is 1420. The number of non-ortho nitro benzene ring substituents is 1. The van der Waals surface area contributed by atoms with Gasteiger partial charge in [0.05, 0.1) is 24.7 Å². The number of hydrogen-bond acceptors (Lipinski definition) is 9. The van der Waals surface area contributed by atoms with E-state index in [1.807, 2.05) is 19.9 Å². The lowest BCUT2D eigenvalue weighted by Gasteiger charge is -2.11. The number of carbonyl (C=O) groups excluding carboxylic acids is 2. The highest BCUT2D eigenvalue weighted by molar-refractivity contribution is 7.16. The van der Waals surface area contributed by atoms with E-state index in [0.717, 1.165) is 4.88 Å². The second kappa shape index (κ2) is 12.5. The fourth-order valence-corrected chi connectivity index (χ4v) is 4.41. The van der Waals surface area contributed by atoms with Crippen LogP contribution in [0.4, 0.5) is 10.7 Å². The minimum absolute atomic E-state index is 0.0499. The van der Waals surface area contributed by atoms with Crippen LogP contribution in [0.25, 0.3) is 6.08 Å². The molecule has 0 radical (unpaired) electrons. The molecule has 1 amide bonds. The summed E-state index contributed by atoms with van der Waals surface area (Å²) in [5, 5.41) is 23.5. The fourth-order valence-electron chi connectivity index (χ4n) is 3.36. The number of rotatable bonds is 10. The number of amides is 1. The Morgan fingerprint density at radius 1 is 1.16 bits per heavy atom. The molecule has 0 fully saturated rings. The molecule has 3 rings (SSSR count). The highest BCUT2D eigenvalue weighted by Crippen LogP contribution is 2.34. The number of nitro groups is 1. The van der Waals surface area contributed by atoms with Gasteiger partial charge >= 0.3 is 5.97 Å². The standard InChI is InChI=1S/C27H25N3O7S/c1-16(2)24-13-22(27(32)36-4)26(38-24)29-25(31)18(14-28)11-17-5-10-23(35-3)19(12-17)15-37-21-8-6-20(7-9-21)30(33)34/h5-13,16H,15H2,1-4H3,(H,29,31)/b18-11+. The van der Waals surface area contributed by atoms with Crippen LogP contribution in [-0.4, -0.2) is 31.0 Å². The van der Waals surface area contributed by atoms with E-state index in [9.17, 15) is 25.0 Å². The van der Waals surface area contributed by atoms with Gasteiger partial charge in [-0.2, -0.15) is 5.26 Å². The van der Waals surface area contributed by atoms with Crippen molar-refractivity contribution in [2.45, 2.75) is 26.4 Å². The maximum atomic E-state index is 12.9. The number of carbonyl (C=O) groups is 2. The third-order valence-corrected chi connectivity index (χ3v) is 6.73. The van der Waals surface area contributed by atoms with E-state index in [4.69, 9.17) is 14.2 Å². The van der Waals surface area contributed by atoms with Crippen LogP contribution in [0.2, 0.25) is 0 Å². The van der Waals surface area contributed by atoms with Crippen LogP contribution in [0, 0.1) is 21.4 Å². The summed E-state index contributed by atoms with van der Waals surface area (Å²) in [6.45, 7) is 4.00. The summed E-state index contributed by atoms with van der Waals surface area (Å²) in [5.74, 6) is -0.178. The van der Waals surface area contributed by atoms with Gasteiger partial charge in [0.2, 0.25) is 0 Å². The molecule has 0 bridgehead atoms. The normalized spacial score (nSPS) is 11.0. The number of nitro benzene ring substituents is 1. The molecule has 1 aromatic heterocycles. The first-order chi connectivity index (χ1) is 18.2. The molecule has 2 aromatic carbocycles. The number of ether oxygens (including phenoxy) is 3. The van der Waals surface area contributed by atoms with E-state index in [2.05, 4.69) is 5.32 Å². The summed E-state index contributed by atoms with van der Waals surface area (Å²) in [5.41, 5.74) is 1.17. The molecular formula is C27H25N3O7S. The third-order valence-electron chi connectivity index (χ3n) is 5.37. The van der Waals surface area contributed by atoms with Gasteiger partial charge in [-0.25, -0.2) is 4.79 Å². The topological polar surface area (TPSA) is 141 Å². The minimum Gasteiger partial charge on any atom is -0.496 e. The smallest absolute Gasteiger partial charge is 0.340 e. The van der Waals surface area contributed by atoms with Crippen LogP contribution in [0.1, 0.15) is 46.1 Å². The SMILES string of the molecule is COC(=O)c1cc(C(C)C)sc1NC(=O)/C(C#N)=C/c1ccc(OC)c(COc2ccc([N+](=O)[O-])cc2)c1. The van der Waals surface area contributed by atoms with Gasteiger partial charge in [-0.3, -0.25) is 14.9 Å². The molecule has 0 unspecified atom stereocenters. The van der Waals surface area contributed by atoms with E-state index < -0.39 is 16.8 Å². The number of nitrogens with zero attached hydrogens (tertiary/aromatic N) is 2. The number of hydrogen-bond donors (Lipinski definition) is 1. The Labute approximate surface area is 223 Å². The van der Waals surface area contributed by atoms with Gasteiger partial charge in [-0.05, 0) is 47.9 Å². The molecule has 0 saturated heterocycles. The first-order valence-electron chi connectivity index (χ1n) is 11.4. The van der Waals surface area contributed by atoms with Gasteiger partial charge in [0.1, 0.15) is 34.7 Å².